The molecule has 7 heteroatoms. The molecule has 2 rings (SSSR count). The minimum Gasteiger partial charge on any atom is -0.480 e. The van der Waals surface area contributed by atoms with Crippen molar-refractivity contribution in [3.63, 3.8) is 0 Å². The van der Waals surface area contributed by atoms with Gasteiger partial charge in [-0.05, 0) is 12.5 Å². The van der Waals surface area contributed by atoms with Crippen LogP contribution in [0.1, 0.15) is 21.7 Å². The monoisotopic (exact) mass is 321 g/mol. The van der Waals surface area contributed by atoms with Gasteiger partial charge in [-0.3, -0.25) is 9.48 Å². The highest BCUT2D eigenvalue weighted by Crippen LogP contribution is 2.19. The van der Waals surface area contributed by atoms with Crippen LogP contribution in [0.5, 0.6) is 0 Å². The van der Waals surface area contributed by atoms with Crippen molar-refractivity contribution >= 4 is 23.5 Å². The molecule has 1 amide bonds. The van der Waals surface area contributed by atoms with Crippen LogP contribution in [0.3, 0.4) is 0 Å². The molecule has 0 aliphatic rings. The van der Waals surface area contributed by atoms with Gasteiger partial charge >= 0.3 is 5.97 Å². The number of rotatable bonds is 5. The van der Waals surface area contributed by atoms with Crippen LogP contribution in [0.25, 0.3) is 0 Å². The number of halogens is 1. The van der Waals surface area contributed by atoms with Gasteiger partial charge in [0, 0.05) is 13.5 Å². The molecule has 116 valence electrons. The first-order valence-electron chi connectivity index (χ1n) is 6.67. The van der Waals surface area contributed by atoms with E-state index in [0.29, 0.717) is 5.69 Å². The minimum atomic E-state index is -1.11. The molecule has 0 saturated heterocycles. The predicted molar refractivity (Wildman–Crippen MR) is 82.0 cm³/mol. The Morgan fingerprint density at radius 3 is 2.50 bits per heavy atom. The van der Waals surface area contributed by atoms with E-state index in [0.717, 1.165) is 5.56 Å². The highest BCUT2D eigenvalue weighted by Gasteiger charge is 2.25. The van der Waals surface area contributed by atoms with Gasteiger partial charge in [0.15, 0.2) is 5.69 Å². The maximum absolute atomic E-state index is 12.2. The van der Waals surface area contributed by atoms with E-state index in [4.69, 9.17) is 11.6 Å². The second-order valence-electron chi connectivity index (χ2n) is 4.93. The summed E-state index contributed by atoms with van der Waals surface area (Å²) in [5.74, 6) is -1.71. The first-order chi connectivity index (χ1) is 10.4. The predicted octanol–water partition coefficient (Wildman–Crippen LogP) is 1.81. The van der Waals surface area contributed by atoms with Gasteiger partial charge in [-0.1, -0.05) is 41.9 Å². The topological polar surface area (TPSA) is 84.2 Å². The highest BCUT2D eigenvalue weighted by atomic mass is 35.5. The zero-order valence-corrected chi connectivity index (χ0v) is 13.0. The highest BCUT2D eigenvalue weighted by molar-refractivity contribution is 6.34. The second-order valence-corrected chi connectivity index (χ2v) is 5.30. The molecule has 0 aliphatic heterocycles. The van der Waals surface area contributed by atoms with Crippen LogP contribution < -0.4 is 5.32 Å². The van der Waals surface area contributed by atoms with E-state index in [1.807, 2.05) is 18.2 Å². The molecule has 0 fully saturated rings. The lowest BCUT2D eigenvalue weighted by Gasteiger charge is -2.14. The SMILES string of the molecule is Cc1c(Cl)c(C(=O)N[C@@H](Cc2ccccc2)C(=O)O)nn1C. The molecule has 6 nitrogen and oxygen atoms in total. The molecule has 0 spiro atoms. The molecule has 2 aromatic rings. The number of benzene rings is 1. The Labute approximate surface area is 132 Å². The summed E-state index contributed by atoms with van der Waals surface area (Å²) in [5, 5.41) is 16.0. The van der Waals surface area contributed by atoms with Crippen molar-refractivity contribution in [3.05, 3.63) is 52.3 Å². The van der Waals surface area contributed by atoms with E-state index >= 15 is 0 Å². The largest absolute Gasteiger partial charge is 0.480 e. The van der Waals surface area contributed by atoms with Crippen molar-refractivity contribution in [1.82, 2.24) is 15.1 Å². The van der Waals surface area contributed by atoms with Crippen LogP contribution in [0.2, 0.25) is 5.02 Å². The van der Waals surface area contributed by atoms with E-state index in [2.05, 4.69) is 10.4 Å². The Bertz CT molecular complexity index is 698. The molecule has 0 aliphatic carbocycles. The number of carbonyl (C=O) groups excluding carboxylic acids is 1. The quantitative estimate of drug-likeness (QED) is 0.879. The van der Waals surface area contributed by atoms with Crippen molar-refractivity contribution in [2.45, 2.75) is 19.4 Å². The van der Waals surface area contributed by atoms with Gasteiger partial charge in [0.2, 0.25) is 0 Å². The molecule has 0 radical (unpaired) electrons. The normalized spacial score (nSPS) is 12.0. The maximum Gasteiger partial charge on any atom is 0.326 e. The Kier molecular flexibility index (Phi) is 4.82. The van der Waals surface area contributed by atoms with Gasteiger partial charge in [0.05, 0.1) is 10.7 Å². The number of aliphatic carboxylic acids is 1. The smallest absolute Gasteiger partial charge is 0.326 e. The molecule has 2 N–H and O–H groups in total. The average Bonchev–Trinajstić information content (AvgIpc) is 2.75. The molecular formula is C15H16ClN3O3. The summed E-state index contributed by atoms with van der Waals surface area (Å²) in [6.07, 6.45) is 0.186. The van der Waals surface area contributed by atoms with Crippen LogP contribution in [0.4, 0.5) is 0 Å². The average molecular weight is 322 g/mol. The van der Waals surface area contributed by atoms with Crippen LogP contribution in [0, 0.1) is 6.92 Å². The van der Waals surface area contributed by atoms with Crippen molar-refractivity contribution < 1.29 is 14.7 Å². The number of amides is 1. The number of nitrogens with zero attached hydrogens (tertiary/aromatic N) is 2. The maximum atomic E-state index is 12.2. The van der Waals surface area contributed by atoms with E-state index in [-0.39, 0.29) is 17.1 Å². The van der Waals surface area contributed by atoms with E-state index in [9.17, 15) is 14.7 Å². The molecule has 0 bridgehead atoms. The van der Waals surface area contributed by atoms with Crippen molar-refractivity contribution in [2.75, 3.05) is 0 Å². The fraction of sp³-hybridized carbons (Fsp3) is 0.267. The standard InChI is InChI=1S/C15H16ClN3O3/c1-9-12(16)13(18-19(9)2)14(20)17-11(15(21)22)8-10-6-4-3-5-7-10/h3-7,11H,8H2,1-2H3,(H,17,20)(H,21,22)/t11-/m0/s1. The van der Waals surface area contributed by atoms with Gasteiger partial charge in [0.25, 0.3) is 5.91 Å². The lowest BCUT2D eigenvalue weighted by atomic mass is 10.1. The Morgan fingerprint density at radius 1 is 1.36 bits per heavy atom. The summed E-state index contributed by atoms with van der Waals surface area (Å²) in [6.45, 7) is 1.73. The fourth-order valence-corrected chi connectivity index (χ4v) is 2.25. The van der Waals surface area contributed by atoms with Gasteiger partial charge in [-0.2, -0.15) is 5.10 Å². The number of aromatic nitrogens is 2. The summed E-state index contributed by atoms with van der Waals surface area (Å²) < 4.78 is 1.48. The number of hydrogen-bond acceptors (Lipinski definition) is 3. The molecule has 0 unspecified atom stereocenters. The lowest BCUT2D eigenvalue weighted by molar-refractivity contribution is -0.139. The molecule has 0 saturated carbocycles. The summed E-state index contributed by atoms with van der Waals surface area (Å²) >= 11 is 6.04. The van der Waals surface area contributed by atoms with Gasteiger partial charge in [-0.25, -0.2) is 4.79 Å². The van der Waals surface area contributed by atoms with E-state index < -0.39 is 17.9 Å². The first kappa shape index (κ1) is 16.0. The Morgan fingerprint density at radius 2 is 2.00 bits per heavy atom. The van der Waals surface area contributed by atoms with Crippen LogP contribution in [0.15, 0.2) is 30.3 Å². The minimum absolute atomic E-state index is 0.0287. The van der Waals surface area contributed by atoms with Gasteiger partial charge < -0.3 is 10.4 Å². The number of carboxylic acids is 1. The number of aryl methyl sites for hydroxylation is 1. The Hall–Kier alpha value is -2.34. The lowest BCUT2D eigenvalue weighted by Crippen LogP contribution is -2.42. The van der Waals surface area contributed by atoms with Crippen molar-refractivity contribution in [2.24, 2.45) is 7.05 Å². The van der Waals surface area contributed by atoms with Crippen LogP contribution in [-0.4, -0.2) is 32.8 Å². The third kappa shape index (κ3) is 3.46. The van der Waals surface area contributed by atoms with Crippen LogP contribution in [-0.2, 0) is 18.3 Å². The van der Waals surface area contributed by atoms with E-state index in [1.165, 1.54) is 4.68 Å². The van der Waals surface area contributed by atoms with Crippen LogP contribution >= 0.6 is 11.6 Å². The number of carboxylic acid groups (broad SMARTS) is 1. The number of hydrogen-bond donors (Lipinski definition) is 2. The molecule has 1 heterocycles. The second kappa shape index (κ2) is 6.62. The summed E-state index contributed by atoms with van der Waals surface area (Å²) in [7, 11) is 1.66. The molecule has 1 atom stereocenters. The van der Waals surface area contributed by atoms with Gasteiger partial charge in [0.1, 0.15) is 6.04 Å². The first-order valence-corrected chi connectivity index (χ1v) is 7.04. The number of nitrogens with one attached hydrogen (secondary N) is 1. The van der Waals surface area contributed by atoms with Crippen molar-refractivity contribution in [1.29, 1.82) is 0 Å². The molecule has 1 aromatic carbocycles. The fourth-order valence-electron chi connectivity index (χ4n) is 2.00. The zero-order valence-electron chi connectivity index (χ0n) is 12.2. The van der Waals surface area contributed by atoms with Gasteiger partial charge in [-0.15, -0.1) is 0 Å². The third-order valence-electron chi connectivity index (χ3n) is 3.36. The third-order valence-corrected chi connectivity index (χ3v) is 3.81. The van der Waals surface area contributed by atoms with Crippen molar-refractivity contribution in [3.8, 4) is 0 Å². The molecule has 22 heavy (non-hydrogen) atoms. The van der Waals surface area contributed by atoms with E-state index in [1.54, 1.807) is 26.1 Å². The summed E-state index contributed by atoms with van der Waals surface area (Å²) in [4.78, 5) is 23.6. The Balaban J connectivity index is 2.15. The molecular weight excluding hydrogens is 306 g/mol. The number of carbonyl (C=O) groups is 2. The summed E-state index contributed by atoms with van der Waals surface area (Å²) in [6, 6.07) is 8.03. The molecule has 1 aromatic heterocycles. The summed E-state index contributed by atoms with van der Waals surface area (Å²) in [5.41, 5.74) is 1.49. The zero-order chi connectivity index (χ0) is 16.3.